The molecule has 5 heteroatoms. The minimum Gasteiger partial charge on any atom is -0.480 e. The van der Waals surface area contributed by atoms with E-state index in [-0.39, 0.29) is 19.0 Å². The molecule has 0 aliphatic heterocycles. The first-order chi connectivity index (χ1) is 10.6. The van der Waals surface area contributed by atoms with E-state index < -0.39 is 5.97 Å². The summed E-state index contributed by atoms with van der Waals surface area (Å²) in [6.45, 7) is 0.596. The number of anilines is 1. The summed E-state index contributed by atoms with van der Waals surface area (Å²) in [5.41, 5.74) is 0.748. The average molecular weight is 304 g/mol. The Morgan fingerprint density at radius 2 is 1.77 bits per heavy atom. The van der Waals surface area contributed by atoms with Gasteiger partial charge in [0.2, 0.25) is 5.91 Å². The fraction of sp³-hybridized carbons (Fsp3) is 0.529. The Balaban J connectivity index is 1.86. The molecule has 1 saturated carbocycles. The number of para-hydroxylation sites is 1. The minimum atomic E-state index is -0.941. The highest BCUT2D eigenvalue weighted by atomic mass is 16.4. The summed E-state index contributed by atoms with van der Waals surface area (Å²) in [6, 6.07) is 9.18. The Kier molecular flexibility index (Phi) is 6.25. The first-order valence-corrected chi connectivity index (χ1v) is 7.93. The molecule has 2 rings (SSSR count). The lowest BCUT2D eigenvalue weighted by Crippen LogP contribution is -2.41. The first-order valence-electron chi connectivity index (χ1n) is 7.93. The number of carbonyl (C=O) groups excluding carboxylic acids is 1. The second-order valence-corrected chi connectivity index (χ2v) is 5.89. The molecule has 1 aromatic carbocycles. The van der Waals surface area contributed by atoms with Crippen molar-refractivity contribution in [2.24, 2.45) is 5.92 Å². The van der Waals surface area contributed by atoms with Crippen LogP contribution in [0.25, 0.3) is 0 Å². The lowest BCUT2D eigenvalue weighted by Gasteiger charge is -2.24. The second-order valence-electron chi connectivity index (χ2n) is 5.89. The monoisotopic (exact) mass is 304 g/mol. The zero-order valence-electron chi connectivity index (χ0n) is 12.8. The topological polar surface area (TPSA) is 69.6 Å². The molecule has 0 atom stereocenters. The molecule has 0 spiro atoms. The Hall–Kier alpha value is -2.04. The van der Waals surface area contributed by atoms with Gasteiger partial charge in [-0.05, 0) is 30.9 Å². The summed E-state index contributed by atoms with van der Waals surface area (Å²) in [6.07, 6.45) is 6.14. The van der Waals surface area contributed by atoms with Gasteiger partial charge in [-0.2, -0.15) is 0 Å². The number of aliphatic carboxylic acids is 1. The van der Waals surface area contributed by atoms with Gasteiger partial charge in [0.15, 0.2) is 0 Å². The van der Waals surface area contributed by atoms with Gasteiger partial charge in [-0.15, -0.1) is 0 Å². The molecule has 2 N–H and O–H groups in total. The van der Waals surface area contributed by atoms with Gasteiger partial charge in [-0.1, -0.05) is 37.5 Å². The number of hydrogen-bond donors (Lipinski definition) is 2. The van der Waals surface area contributed by atoms with Gasteiger partial charge in [0, 0.05) is 12.2 Å². The largest absolute Gasteiger partial charge is 0.480 e. The van der Waals surface area contributed by atoms with Gasteiger partial charge >= 0.3 is 5.97 Å². The van der Waals surface area contributed by atoms with Crippen molar-refractivity contribution in [3.63, 3.8) is 0 Å². The molecule has 0 saturated heterocycles. The van der Waals surface area contributed by atoms with Crippen LogP contribution >= 0.6 is 0 Å². The molecule has 0 heterocycles. The predicted molar refractivity (Wildman–Crippen MR) is 85.9 cm³/mol. The molecular formula is C17H24N2O3. The maximum Gasteiger partial charge on any atom is 0.323 e. The lowest BCUT2D eigenvalue weighted by atomic mass is 9.89. The van der Waals surface area contributed by atoms with E-state index in [1.165, 1.54) is 32.1 Å². The zero-order chi connectivity index (χ0) is 15.8. The summed E-state index contributed by atoms with van der Waals surface area (Å²) >= 11 is 0. The third-order valence-electron chi connectivity index (χ3n) is 4.09. The fourth-order valence-corrected chi connectivity index (χ4v) is 2.92. The predicted octanol–water partition coefficient (Wildman–Crippen LogP) is 2.27. The third kappa shape index (κ3) is 5.39. The molecule has 1 fully saturated rings. The molecule has 120 valence electrons. The van der Waals surface area contributed by atoms with Gasteiger partial charge in [0.05, 0.1) is 6.54 Å². The fourth-order valence-electron chi connectivity index (χ4n) is 2.92. The van der Waals surface area contributed by atoms with Crippen molar-refractivity contribution in [3.05, 3.63) is 30.3 Å². The van der Waals surface area contributed by atoms with E-state index in [0.29, 0.717) is 12.5 Å². The van der Waals surface area contributed by atoms with E-state index in [4.69, 9.17) is 5.11 Å². The van der Waals surface area contributed by atoms with Gasteiger partial charge in [0.25, 0.3) is 0 Å². The van der Waals surface area contributed by atoms with Crippen LogP contribution in [0.15, 0.2) is 30.3 Å². The van der Waals surface area contributed by atoms with Crippen molar-refractivity contribution in [2.45, 2.75) is 32.1 Å². The maximum absolute atomic E-state index is 12.1. The molecule has 1 amide bonds. The summed E-state index contributed by atoms with van der Waals surface area (Å²) < 4.78 is 0. The highest BCUT2D eigenvalue weighted by molar-refractivity contribution is 5.84. The number of benzene rings is 1. The van der Waals surface area contributed by atoms with E-state index in [1.807, 2.05) is 30.3 Å². The van der Waals surface area contributed by atoms with Crippen LogP contribution in [0.1, 0.15) is 32.1 Å². The maximum atomic E-state index is 12.1. The van der Waals surface area contributed by atoms with Gasteiger partial charge in [-0.25, -0.2) is 0 Å². The number of amides is 1. The molecule has 1 aliphatic rings. The number of carboxylic acid groups (broad SMARTS) is 1. The van der Waals surface area contributed by atoms with Crippen molar-refractivity contribution in [1.29, 1.82) is 0 Å². The van der Waals surface area contributed by atoms with Gasteiger partial charge < -0.3 is 15.3 Å². The van der Waals surface area contributed by atoms with Gasteiger partial charge in [-0.3, -0.25) is 9.59 Å². The van der Waals surface area contributed by atoms with Crippen LogP contribution < -0.4 is 10.2 Å². The highest BCUT2D eigenvalue weighted by Gasteiger charge is 2.17. The van der Waals surface area contributed by atoms with Crippen molar-refractivity contribution in [1.82, 2.24) is 5.32 Å². The molecule has 1 aromatic rings. The minimum absolute atomic E-state index is 0.0725. The molecule has 0 bridgehead atoms. The van der Waals surface area contributed by atoms with E-state index in [9.17, 15) is 9.59 Å². The molecular weight excluding hydrogens is 280 g/mol. The number of nitrogens with one attached hydrogen (secondary N) is 1. The second kappa shape index (κ2) is 8.41. The molecule has 0 radical (unpaired) electrons. The SMILES string of the molecule is O=C(O)CN(CC(=O)NCC1CCCCC1)c1ccccc1. The normalized spacial score (nSPS) is 15.3. The number of carbonyl (C=O) groups is 2. The number of carboxylic acids is 1. The smallest absolute Gasteiger partial charge is 0.323 e. The number of hydrogen-bond acceptors (Lipinski definition) is 3. The van der Waals surface area contributed by atoms with Crippen LogP contribution in [0.3, 0.4) is 0 Å². The van der Waals surface area contributed by atoms with E-state index >= 15 is 0 Å². The Bertz CT molecular complexity index is 484. The lowest BCUT2D eigenvalue weighted by molar-refractivity contribution is -0.135. The Morgan fingerprint density at radius 3 is 2.41 bits per heavy atom. The van der Waals surface area contributed by atoms with Crippen LogP contribution in [-0.2, 0) is 9.59 Å². The standard InChI is InChI=1S/C17H24N2O3/c20-16(18-11-14-7-3-1-4-8-14)12-19(13-17(21)22)15-9-5-2-6-10-15/h2,5-6,9-10,14H,1,3-4,7-8,11-13H2,(H,18,20)(H,21,22). The van der Waals surface area contributed by atoms with E-state index in [0.717, 1.165) is 5.69 Å². The summed E-state index contributed by atoms with van der Waals surface area (Å²) in [4.78, 5) is 24.7. The van der Waals surface area contributed by atoms with E-state index in [2.05, 4.69) is 5.32 Å². The molecule has 5 nitrogen and oxygen atoms in total. The van der Waals surface area contributed by atoms with Crippen LogP contribution in [0.4, 0.5) is 5.69 Å². The quantitative estimate of drug-likeness (QED) is 0.811. The van der Waals surface area contributed by atoms with Crippen molar-refractivity contribution in [3.8, 4) is 0 Å². The molecule has 0 unspecified atom stereocenters. The Morgan fingerprint density at radius 1 is 1.09 bits per heavy atom. The summed E-state index contributed by atoms with van der Waals surface area (Å²) in [5.74, 6) is -0.484. The summed E-state index contributed by atoms with van der Waals surface area (Å²) in [7, 11) is 0. The highest BCUT2D eigenvalue weighted by Crippen LogP contribution is 2.22. The van der Waals surface area contributed by atoms with Crippen molar-refractivity contribution < 1.29 is 14.7 Å². The van der Waals surface area contributed by atoms with Crippen LogP contribution in [0.2, 0.25) is 0 Å². The first kappa shape index (κ1) is 16.3. The average Bonchev–Trinajstić information content (AvgIpc) is 2.54. The van der Waals surface area contributed by atoms with Crippen LogP contribution in [0, 0.1) is 5.92 Å². The van der Waals surface area contributed by atoms with E-state index in [1.54, 1.807) is 4.90 Å². The van der Waals surface area contributed by atoms with Crippen molar-refractivity contribution >= 4 is 17.6 Å². The van der Waals surface area contributed by atoms with Gasteiger partial charge in [0.1, 0.15) is 6.54 Å². The zero-order valence-corrected chi connectivity index (χ0v) is 12.8. The van der Waals surface area contributed by atoms with Crippen LogP contribution in [-0.4, -0.2) is 36.6 Å². The Labute approximate surface area is 131 Å². The molecule has 22 heavy (non-hydrogen) atoms. The molecule has 0 aromatic heterocycles. The number of rotatable bonds is 7. The van der Waals surface area contributed by atoms with Crippen LogP contribution in [0.5, 0.6) is 0 Å². The number of nitrogens with zero attached hydrogens (tertiary/aromatic N) is 1. The summed E-state index contributed by atoms with van der Waals surface area (Å²) in [5, 5.41) is 12.0. The third-order valence-corrected chi connectivity index (χ3v) is 4.09. The molecule has 1 aliphatic carbocycles. The van der Waals surface area contributed by atoms with Crippen molar-refractivity contribution in [2.75, 3.05) is 24.5 Å².